The zero-order chi connectivity index (χ0) is 12.0. The Bertz CT molecular complexity index is 289. The van der Waals surface area contributed by atoms with Crippen LogP contribution in [0, 0.1) is 12.8 Å². The summed E-state index contributed by atoms with van der Waals surface area (Å²) in [6, 6.07) is 9.52. The molecule has 0 bridgehead atoms. The van der Waals surface area contributed by atoms with Gasteiger partial charge in [0.15, 0.2) is 0 Å². The zero-order valence-electron chi connectivity index (χ0n) is 11.1. The number of likely N-dealkylation sites (N-methyl/N-ethyl adjacent to an activating group) is 1. The highest BCUT2D eigenvalue weighted by Gasteiger charge is 2.14. The lowest BCUT2D eigenvalue weighted by atomic mass is 9.92. The molecule has 0 amide bonds. The van der Waals surface area contributed by atoms with Gasteiger partial charge in [-0.1, -0.05) is 57.0 Å². The van der Waals surface area contributed by atoms with E-state index in [1.165, 1.54) is 17.5 Å². The number of hydrogen-bond donors (Lipinski definition) is 1. The summed E-state index contributed by atoms with van der Waals surface area (Å²) in [5.74, 6) is 0.737. The molecule has 2 atom stereocenters. The Morgan fingerprint density at radius 2 is 1.75 bits per heavy atom. The predicted molar refractivity (Wildman–Crippen MR) is 71.8 cm³/mol. The lowest BCUT2D eigenvalue weighted by Gasteiger charge is -2.24. The molecule has 0 saturated heterocycles. The lowest BCUT2D eigenvalue weighted by Crippen LogP contribution is -2.36. The van der Waals surface area contributed by atoms with Gasteiger partial charge in [0, 0.05) is 6.04 Å². The third kappa shape index (κ3) is 3.97. The molecule has 0 fully saturated rings. The third-order valence-corrected chi connectivity index (χ3v) is 3.37. The smallest absolute Gasteiger partial charge is 0.0133 e. The molecule has 1 N–H and O–H groups in total. The van der Waals surface area contributed by atoms with Crippen LogP contribution in [0.25, 0.3) is 0 Å². The molecule has 1 heteroatoms. The summed E-state index contributed by atoms with van der Waals surface area (Å²) in [6.45, 7) is 9.98. The van der Waals surface area contributed by atoms with Crippen LogP contribution in [-0.2, 0) is 6.42 Å². The highest BCUT2D eigenvalue weighted by Crippen LogP contribution is 2.14. The average Bonchev–Trinajstić information content (AvgIpc) is 2.30. The van der Waals surface area contributed by atoms with E-state index >= 15 is 0 Å². The molecule has 0 aromatic heterocycles. The first-order valence-electron chi connectivity index (χ1n) is 6.46. The normalized spacial score (nSPS) is 14.8. The van der Waals surface area contributed by atoms with Gasteiger partial charge < -0.3 is 5.32 Å². The maximum Gasteiger partial charge on any atom is 0.0133 e. The summed E-state index contributed by atoms with van der Waals surface area (Å²) in [5, 5.41) is 3.60. The molecule has 1 rings (SSSR count). The van der Waals surface area contributed by atoms with Crippen molar-refractivity contribution in [1.82, 2.24) is 5.32 Å². The third-order valence-electron chi connectivity index (χ3n) is 3.37. The van der Waals surface area contributed by atoms with Gasteiger partial charge >= 0.3 is 0 Å². The number of hydrogen-bond acceptors (Lipinski definition) is 1. The second kappa shape index (κ2) is 6.70. The maximum atomic E-state index is 3.60. The van der Waals surface area contributed by atoms with Crippen LogP contribution in [0.2, 0.25) is 0 Å². The van der Waals surface area contributed by atoms with Gasteiger partial charge in [-0.15, -0.1) is 0 Å². The fourth-order valence-electron chi connectivity index (χ4n) is 2.00. The summed E-state index contributed by atoms with van der Waals surface area (Å²) in [6.07, 6.45) is 2.38. The fourth-order valence-corrected chi connectivity index (χ4v) is 2.00. The largest absolute Gasteiger partial charge is 0.314 e. The standard InChI is InChI=1S/C15H25N/c1-5-13(4)15(16-6-2)11-14-9-7-12(3)8-10-14/h7-10,13,15-16H,5-6,11H2,1-4H3. The van der Waals surface area contributed by atoms with Crippen molar-refractivity contribution < 1.29 is 0 Å². The molecule has 1 nitrogen and oxygen atoms in total. The van der Waals surface area contributed by atoms with Crippen molar-refractivity contribution >= 4 is 0 Å². The van der Waals surface area contributed by atoms with Gasteiger partial charge in [-0.05, 0) is 31.4 Å². The van der Waals surface area contributed by atoms with E-state index in [1.54, 1.807) is 0 Å². The van der Waals surface area contributed by atoms with Crippen LogP contribution in [0.3, 0.4) is 0 Å². The molecule has 0 aliphatic rings. The Kier molecular flexibility index (Phi) is 5.54. The maximum absolute atomic E-state index is 3.60. The van der Waals surface area contributed by atoms with Gasteiger partial charge in [0.2, 0.25) is 0 Å². The van der Waals surface area contributed by atoms with Gasteiger partial charge in [-0.25, -0.2) is 0 Å². The fraction of sp³-hybridized carbons (Fsp3) is 0.600. The van der Waals surface area contributed by atoms with Gasteiger partial charge in [0.25, 0.3) is 0 Å². The molecule has 0 spiro atoms. The Balaban J connectivity index is 2.63. The highest BCUT2D eigenvalue weighted by molar-refractivity contribution is 5.22. The molecule has 1 aromatic carbocycles. The topological polar surface area (TPSA) is 12.0 Å². The molecule has 0 aliphatic carbocycles. The molecule has 0 radical (unpaired) electrons. The van der Waals surface area contributed by atoms with Crippen molar-refractivity contribution in [2.24, 2.45) is 5.92 Å². The molecular weight excluding hydrogens is 194 g/mol. The average molecular weight is 219 g/mol. The second-order valence-corrected chi connectivity index (χ2v) is 4.74. The zero-order valence-corrected chi connectivity index (χ0v) is 11.1. The summed E-state index contributed by atoms with van der Waals surface area (Å²) in [5.41, 5.74) is 2.78. The summed E-state index contributed by atoms with van der Waals surface area (Å²) < 4.78 is 0. The first kappa shape index (κ1) is 13.2. The van der Waals surface area contributed by atoms with E-state index in [2.05, 4.69) is 57.3 Å². The van der Waals surface area contributed by atoms with Crippen molar-refractivity contribution in [1.29, 1.82) is 0 Å². The van der Waals surface area contributed by atoms with Crippen LogP contribution in [-0.4, -0.2) is 12.6 Å². The predicted octanol–water partition coefficient (Wildman–Crippen LogP) is 3.56. The second-order valence-electron chi connectivity index (χ2n) is 4.74. The number of nitrogens with one attached hydrogen (secondary N) is 1. The van der Waals surface area contributed by atoms with E-state index in [0.29, 0.717) is 6.04 Å². The molecule has 0 aliphatic heterocycles. The summed E-state index contributed by atoms with van der Waals surface area (Å²) >= 11 is 0. The minimum absolute atomic E-state index is 0.609. The van der Waals surface area contributed by atoms with E-state index in [0.717, 1.165) is 18.9 Å². The Labute approximate surface area is 100 Å². The molecular formula is C15H25N. The molecule has 0 saturated carbocycles. The van der Waals surface area contributed by atoms with Gasteiger partial charge in [-0.2, -0.15) is 0 Å². The van der Waals surface area contributed by atoms with E-state index in [1.807, 2.05) is 0 Å². The summed E-state index contributed by atoms with van der Waals surface area (Å²) in [4.78, 5) is 0. The van der Waals surface area contributed by atoms with Crippen LogP contribution in [0.4, 0.5) is 0 Å². The quantitative estimate of drug-likeness (QED) is 0.771. The Morgan fingerprint density at radius 3 is 2.25 bits per heavy atom. The molecule has 2 unspecified atom stereocenters. The number of rotatable bonds is 6. The van der Waals surface area contributed by atoms with Crippen LogP contribution in [0.1, 0.15) is 38.3 Å². The molecule has 16 heavy (non-hydrogen) atoms. The molecule has 0 heterocycles. The highest BCUT2D eigenvalue weighted by atomic mass is 14.9. The lowest BCUT2D eigenvalue weighted by molar-refractivity contribution is 0.371. The Hall–Kier alpha value is -0.820. The van der Waals surface area contributed by atoms with Crippen LogP contribution < -0.4 is 5.32 Å². The van der Waals surface area contributed by atoms with Gasteiger partial charge in [0.1, 0.15) is 0 Å². The first-order valence-corrected chi connectivity index (χ1v) is 6.46. The Morgan fingerprint density at radius 1 is 1.12 bits per heavy atom. The van der Waals surface area contributed by atoms with Crippen LogP contribution >= 0.6 is 0 Å². The van der Waals surface area contributed by atoms with Crippen LogP contribution in [0.5, 0.6) is 0 Å². The first-order chi connectivity index (χ1) is 7.67. The van der Waals surface area contributed by atoms with Crippen molar-refractivity contribution in [2.45, 2.75) is 46.6 Å². The summed E-state index contributed by atoms with van der Waals surface area (Å²) in [7, 11) is 0. The minimum atomic E-state index is 0.609. The van der Waals surface area contributed by atoms with Crippen molar-refractivity contribution in [2.75, 3.05) is 6.54 Å². The van der Waals surface area contributed by atoms with Gasteiger partial charge in [0.05, 0.1) is 0 Å². The SMILES string of the molecule is CCNC(Cc1ccc(C)cc1)C(C)CC. The minimum Gasteiger partial charge on any atom is -0.314 e. The van der Waals surface area contributed by atoms with Crippen molar-refractivity contribution in [3.8, 4) is 0 Å². The van der Waals surface area contributed by atoms with E-state index < -0.39 is 0 Å². The molecule has 90 valence electrons. The monoisotopic (exact) mass is 219 g/mol. The van der Waals surface area contributed by atoms with E-state index in [-0.39, 0.29) is 0 Å². The van der Waals surface area contributed by atoms with Crippen molar-refractivity contribution in [3.05, 3.63) is 35.4 Å². The van der Waals surface area contributed by atoms with Crippen molar-refractivity contribution in [3.63, 3.8) is 0 Å². The number of aryl methyl sites for hydroxylation is 1. The van der Waals surface area contributed by atoms with E-state index in [9.17, 15) is 0 Å². The number of benzene rings is 1. The van der Waals surface area contributed by atoms with E-state index in [4.69, 9.17) is 0 Å². The van der Waals surface area contributed by atoms with Crippen LogP contribution in [0.15, 0.2) is 24.3 Å². The molecule has 1 aromatic rings. The van der Waals surface area contributed by atoms with Gasteiger partial charge in [-0.3, -0.25) is 0 Å².